The summed E-state index contributed by atoms with van der Waals surface area (Å²) in [5.74, 6) is -0.303. The van der Waals surface area contributed by atoms with Crippen LogP contribution >= 0.6 is 0 Å². The number of para-hydroxylation sites is 1. The number of methoxy groups -OCH3 is 1. The number of rotatable bonds is 8. The Morgan fingerprint density at radius 3 is 2.48 bits per heavy atom. The molecule has 116 valence electrons. The molecule has 0 bridgehead atoms. The quantitative estimate of drug-likeness (QED) is 0.591. The largest absolute Gasteiger partial charge is 0.469 e. The van der Waals surface area contributed by atoms with E-state index in [1.54, 1.807) is 4.90 Å². The number of hydrogen-bond acceptors (Lipinski definition) is 3. The molecule has 0 atom stereocenters. The summed E-state index contributed by atoms with van der Waals surface area (Å²) < 4.78 is 4.63. The molecule has 2 amide bonds. The maximum atomic E-state index is 12.3. The van der Waals surface area contributed by atoms with Crippen molar-refractivity contribution in [3.8, 4) is 0 Å². The van der Waals surface area contributed by atoms with Crippen LogP contribution in [0.2, 0.25) is 0 Å². The molecular weight excluding hydrogens is 268 g/mol. The number of ether oxygens (including phenoxy) is 1. The maximum absolute atomic E-state index is 12.3. The van der Waals surface area contributed by atoms with Crippen LogP contribution in [0.15, 0.2) is 30.3 Å². The third-order valence-corrected chi connectivity index (χ3v) is 3.16. The van der Waals surface area contributed by atoms with E-state index < -0.39 is 0 Å². The first-order valence-electron chi connectivity index (χ1n) is 7.35. The van der Waals surface area contributed by atoms with Crippen molar-refractivity contribution in [3.05, 3.63) is 30.3 Å². The smallest absolute Gasteiger partial charge is 0.321 e. The van der Waals surface area contributed by atoms with Gasteiger partial charge in [0.15, 0.2) is 0 Å². The van der Waals surface area contributed by atoms with Crippen molar-refractivity contribution in [2.45, 2.75) is 32.6 Å². The van der Waals surface area contributed by atoms with E-state index >= 15 is 0 Å². The Morgan fingerprint density at radius 1 is 1.14 bits per heavy atom. The lowest BCUT2D eigenvalue weighted by atomic mass is 10.2. The second kappa shape index (κ2) is 9.80. The van der Waals surface area contributed by atoms with Gasteiger partial charge < -0.3 is 15.0 Å². The molecule has 1 aromatic carbocycles. The summed E-state index contributed by atoms with van der Waals surface area (Å²) in [7, 11) is 1.35. The summed E-state index contributed by atoms with van der Waals surface area (Å²) in [6.07, 6.45) is 3.29. The predicted molar refractivity (Wildman–Crippen MR) is 83.2 cm³/mol. The average molecular weight is 292 g/mol. The van der Waals surface area contributed by atoms with Crippen LogP contribution in [0.4, 0.5) is 10.5 Å². The Morgan fingerprint density at radius 2 is 1.86 bits per heavy atom. The van der Waals surface area contributed by atoms with E-state index in [0.29, 0.717) is 13.1 Å². The minimum absolute atomic E-state index is 0.179. The van der Waals surface area contributed by atoms with Gasteiger partial charge >= 0.3 is 12.0 Å². The highest BCUT2D eigenvalue weighted by Crippen LogP contribution is 2.08. The molecule has 21 heavy (non-hydrogen) atoms. The number of carbonyl (C=O) groups excluding carboxylic acids is 2. The van der Waals surface area contributed by atoms with Crippen molar-refractivity contribution < 1.29 is 14.3 Å². The Balaban J connectivity index is 2.56. The van der Waals surface area contributed by atoms with Gasteiger partial charge in [0.2, 0.25) is 0 Å². The van der Waals surface area contributed by atoms with E-state index in [4.69, 9.17) is 0 Å². The number of benzene rings is 1. The van der Waals surface area contributed by atoms with Crippen LogP contribution in [0, 0.1) is 0 Å². The molecule has 0 aromatic heterocycles. The number of esters is 1. The molecule has 0 fully saturated rings. The lowest BCUT2D eigenvalue weighted by molar-refractivity contribution is -0.140. The summed E-state index contributed by atoms with van der Waals surface area (Å²) in [4.78, 5) is 25.2. The molecule has 5 heteroatoms. The van der Waals surface area contributed by atoms with E-state index in [1.807, 2.05) is 30.3 Å². The number of nitrogens with one attached hydrogen (secondary N) is 1. The fourth-order valence-electron chi connectivity index (χ4n) is 1.92. The van der Waals surface area contributed by atoms with Crippen LogP contribution < -0.4 is 5.32 Å². The van der Waals surface area contributed by atoms with Crippen molar-refractivity contribution in [3.63, 3.8) is 0 Å². The molecule has 0 unspecified atom stereocenters. The number of urea groups is 1. The standard InChI is InChI=1S/C16H24N2O3/c1-3-4-8-12-18(13-11-15(19)21-2)16(20)17-14-9-6-5-7-10-14/h5-7,9-10H,3-4,8,11-13H2,1-2H3,(H,17,20). The molecule has 1 N–H and O–H groups in total. The van der Waals surface area contributed by atoms with Gasteiger partial charge in [0, 0.05) is 18.8 Å². The molecule has 0 saturated heterocycles. The molecule has 1 rings (SSSR count). The molecule has 0 aliphatic rings. The number of nitrogens with zero attached hydrogens (tertiary/aromatic N) is 1. The van der Waals surface area contributed by atoms with Crippen molar-refractivity contribution in [2.75, 3.05) is 25.5 Å². The topological polar surface area (TPSA) is 58.6 Å². The minimum Gasteiger partial charge on any atom is -0.469 e. The van der Waals surface area contributed by atoms with Crippen LogP contribution in [0.1, 0.15) is 32.6 Å². The first kappa shape index (κ1) is 17.0. The fourth-order valence-corrected chi connectivity index (χ4v) is 1.92. The third kappa shape index (κ3) is 6.79. The Bertz CT molecular complexity index is 434. The molecule has 0 aliphatic heterocycles. The van der Waals surface area contributed by atoms with Crippen LogP contribution in [-0.4, -0.2) is 37.1 Å². The Labute approximate surface area is 126 Å². The lowest BCUT2D eigenvalue weighted by Crippen LogP contribution is -2.37. The molecule has 0 heterocycles. The van der Waals surface area contributed by atoms with Gasteiger partial charge in [-0.3, -0.25) is 4.79 Å². The van der Waals surface area contributed by atoms with Gasteiger partial charge in [-0.1, -0.05) is 38.0 Å². The monoisotopic (exact) mass is 292 g/mol. The van der Waals surface area contributed by atoms with Gasteiger partial charge in [0.1, 0.15) is 0 Å². The maximum Gasteiger partial charge on any atom is 0.321 e. The number of amides is 2. The second-order valence-corrected chi connectivity index (χ2v) is 4.82. The zero-order chi connectivity index (χ0) is 15.5. The summed E-state index contributed by atoms with van der Waals surface area (Å²) in [5, 5.41) is 2.85. The summed E-state index contributed by atoms with van der Waals surface area (Å²) in [6, 6.07) is 9.12. The molecule has 0 spiro atoms. The van der Waals surface area contributed by atoms with Crippen LogP contribution in [-0.2, 0) is 9.53 Å². The fraction of sp³-hybridized carbons (Fsp3) is 0.500. The van der Waals surface area contributed by atoms with E-state index in [-0.39, 0.29) is 18.4 Å². The van der Waals surface area contributed by atoms with E-state index in [9.17, 15) is 9.59 Å². The minimum atomic E-state index is -0.303. The number of unbranched alkanes of at least 4 members (excludes halogenated alkanes) is 2. The van der Waals surface area contributed by atoms with Crippen molar-refractivity contribution >= 4 is 17.7 Å². The number of hydrogen-bond donors (Lipinski definition) is 1. The highest BCUT2D eigenvalue weighted by atomic mass is 16.5. The van der Waals surface area contributed by atoms with Crippen LogP contribution in [0.5, 0.6) is 0 Å². The molecule has 0 saturated carbocycles. The van der Waals surface area contributed by atoms with E-state index in [2.05, 4.69) is 17.0 Å². The van der Waals surface area contributed by atoms with Gasteiger partial charge in [-0.05, 0) is 18.6 Å². The predicted octanol–water partition coefficient (Wildman–Crippen LogP) is 3.27. The average Bonchev–Trinajstić information content (AvgIpc) is 2.51. The van der Waals surface area contributed by atoms with E-state index in [1.165, 1.54) is 7.11 Å². The van der Waals surface area contributed by atoms with Gasteiger partial charge in [0.25, 0.3) is 0 Å². The first-order chi connectivity index (χ1) is 10.2. The third-order valence-electron chi connectivity index (χ3n) is 3.16. The number of carbonyl (C=O) groups is 2. The molecule has 0 radical (unpaired) electrons. The Kier molecular flexibility index (Phi) is 7.94. The van der Waals surface area contributed by atoms with Crippen molar-refractivity contribution in [2.24, 2.45) is 0 Å². The zero-order valence-corrected chi connectivity index (χ0v) is 12.8. The van der Waals surface area contributed by atoms with E-state index in [0.717, 1.165) is 24.9 Å². The van der Waals surface area contributed by atoms with Crippen molar-refractivity contribution in [1.29, 1.82) is 0 Å². The highest BCUT2D eigenvalue weighted by molar-refractivity contribution is 5.89. The van der Waals surface area contributed by atoms with Crippen LogP contribution in [0.3, 0.4) is 0 Å². The summed E-state index contributed by atoms with van der Waals surface area (Å²) >= 11 is 0. The zero-order valence-electron chi connectivity index (χ0n) is 12.8. The van der Waals surface area contributed by atoms with Crippen LogP contribution in [0.25, 0.3) is 0 Å². The molecule has 1 aromatic rings. The summed E-state index contributed by atoms with van der Waals surface area (Å²) in [6.45, 7) is 3.13. The van der Waals surface area contributed by atoms with Crippen molar-refractivity contribution in [1.82, 2.24) is 4.90 Å². The SMILES string of the molecule is CCCCCN(CCC(=O)OC)C(=O)Nc1ccccc1. The second-order valence-electron chi connectivity index (χ2n) is 4.82. The van der Waals surface area contributed by atoms with Gasteiger partial charge in [-0.15, -0.1) is 0 Å². The van der Waals surface area contributed by atoms with Gasteiger partial charge in [-0.25, -0.2) is 4.79 Å². The highest BCUT2D eigenvalue weighted by Gasteiger charge is 2.15. The molecular formula is C16H24N2O3. The number of anilines is 1. The Hall–Kier alpha value is -2.04. The van der Waals surface area contributed by atoms with Gasteiger partial charge in [-0.2, -0.15) is 0 Å². The lowest BCUT2D eigenvalue weighted by Gasteiger charge is -2.22. The van der Waals surface area contributed by atoms with Gasteiger partial charge in [0.05, 0.1) is 13.5 Å². The normalized spacial score (nSPS) is 10.0. The summed E-state index contributed by atoms with van der Waals surface area (Å²) in [5.41, 5.74) is 0.751. The molecule has 0 aliphatic carbocycles. The first-order valence-corrected chi connectivity index (χ1v) is 7.35. The molecule has 5 nitrogen and oxygen atoms in total.